The Morgan fingerprint density at radius 2 is 1.68 bits per heavy atom. The lowest BCUT2D eigenvalue weighted by Gasteiger charge is -2.29. The van der Waals surface area contributed by atoms with Crippen molar-refractivity contribution in [1.82, 2.24) is 19.9 Å². The minimum absolute atomic E-state index is 0.0179. The Morgan fingerprint density at radius 1 is 1.00 bits per heavy atom. The smallest absolute Gasteiger partial charge is 0.361 e. The number of likely N-dealkylation sites (N-methyl/N-ethyl adjacent to an activating group) is 1. The predicted octanol–water partition coefficient (Wildman–Crippen LogP) is 6.49. The SMILES string of the molecule is CN(C(=O)c1cc(C(F)(F)F)cc(C(F)(F)F)c1)C(CCCC(=O)Nc1cnccn1)Cc1c[nH]c2ccccc12. The summed E-state index contributed by atoms with van der Waals surface area (Å²) >= 11 is 0. The number of amides is 2. The molecular formula is C28H25F6N5O2. The normalized spacial score (nSPS) is 12.8. The summed E-state index contributed by atoms with van der Waals surface area (Å²) in [6.45, 7) is 0. The summed E-state index contributed by atoms with van der Waals surface area (Å²) in [5.74, 6) is -1.11. The van der Waals surface area contributed by atoms with Crippen LogP contribution in [0.3, 0.4) is 0 Å². The number of aromatic amines is 1. The van der Waals surface area contributed by atoms with Crippen LogP contribution in [-0.4, -0.2) is 44.8 Å². The summed E-state index contributed by atoms with van der Waals surface area (Å²) in [7, 11) is 1.33. The quantitative estimate of drug-likeness (QED) is 0.223. The van der Waals surface area contributed by atoms with Crippen LogP contribution in [0, 0.1) is 0 Å². The van der Waals surface area contributed by atoms with E-state index in [0.29, 0.717) is 12.1 Å². The number of fused-ring (bicyclic) bond motifs is 1. The van der Waals surface area contributed by atoms with Gasteiger partial charge in [0.25, 0.3) is 5.91 Å². The predicted molar refractivity (Wildman–Crippen MR) is 139 cm³/mol. The van der Waals surface area contributed by atoms with Crippen LogP contribution in [-0.2, 0) is 23.6 Å². The lowest BCUT2D eigenvalue weighted by atomic mass is 9.97. The van der Waals surface area contributed by atoms with E-state index in [2.05, 4.69) is 20.3 Å². The van der Waals surface area contributed by atoms with E-state index in [9.17, 15) is 35.9 Å². The molecule has 4 rings (SSSR count). The molecule has 2 aromatic carbocycles. The molecule has 0 aliphatic rings. The summed E-state index contributed by atoms with van der Waals surface area (Å²) < 4.78 is 80.5. The minimum Gasteiger partial charge on any atom is -0.361 e. The van der Waals surface area contributed by atoms with Gasteiger partial charge in [-0.1, -0.05) is 18.2 Å². The van der Waals surface area contributed by atoms with Gasteiger partial charge in [0, 0.05) is 54.6 Å². The Kier molecular flexibility index (Phi) is 8.64. The summed E-state index contributed by atoms with van der Waals surface area (Å²) in [5, 5.41) is 3.45. The fourth-order valence-electron chi connectivity index (χ4n) is 4.50. The molecule has 1 unspecified atom stereocenters. The number of para-hydroxylation sites is 1. The van der Waals surface area contributed by atoms with Crippen molar-refractivity contribution >= 4 is 28.5 Å². The second-order valence-corrected chi connectivity index (χ2v) is 9.46. The molecule has 1 atom stereocenters. The first-order chi connectivity index (χ1) is 19.3. The average molecular weight is 578 g/mol. The van der Waals surface area contributed by atoms with E-state index < -0.39 is 41.0 Å². The Balaban J connectivity index is 1.58. The molecule has 0 saturated heterocycles. The number of anilines is 1. The number of nitrogens with zero attached hydrogens (tertiary/aromatic N) is 3. The van der Waals surface area contributed by atoms with Crippen molar-refractivity contribution in [2.24, 2.45) is 0 Å². The van der Waals surface area contributed by atoms with E-state index in [0.717, 1.165) is 21.4 Å². The van der Waals surface area contributed by atoms with Crippen LogP contribution in [0.4, 0.5) is 32.2 Å². The van der Waals surface area contributed by atoms with Gasteiger partial charge in [-0.2, -0.15) is 26.3 Å². The zero-order chi connectivity index (χ0) is 29.8. The number of nitrogens with one attached hydrogen (secondary N) is 2. The first-order valence-corrected chi connectivity index (χ1v) is 12.5. The maximum absolute atomic E-state index is 13.4. The van der Waals surface area contributed by atoms with Crippen molar-refractivity contribution in [3.8, 4) is 0 Å². The first-order valence-electron chi connectivity index (χ1n) is 12.5. The Bertz CT molecular complexity index is 1490. The molecule has 2 amide bonds. The van der Waals surface area contributed by atoms with E-state index in [-0.39, 0.29) is 43.5 Å². The van der Waals surface area contributed by atoms with Gasteiger partial charge in [0.2, 0.25) is 5.91 Å². The van der Waals surface area contributed by atoms with Gasteiger partial charge in [0.1, 0.15) is 0 Å². The van der Waals surface area contributed by atoms with Gasteiger partial charge in [-0.05, 0) is 49.1 Å². The number of hydrogen-bond donors (Lipinski definition) is 2. The van der Waals surface area contributed by atoms with Crippen molar-refractivity contribution in [2.75, 3.05) is 12.4 Å². The average Bonchev–Trinajstić information content (AvgIpc) is 3.33. The molecule has 2 heterocycles. The monoisotopic (exact) mass is 577 g/mol. The lowest BCUT2D eigenvalue weighted by Crippen LogP contribution is -2.39. The molecule has 2 N–H and O–H groups in total. The van der Waals surface area contributed by atoms with Crippen molar-refractivity contribution in [3.63, 3.8) is 0 Å². The summed E-state index contributed by atoms with van der Waals surface area (Å²) in [6, 6.07) is 7.53. The molecule has 0 bridgehead atoms. The van der Waals surface area contributed by atoms with Crippen LogP contribution in [0.1, 0.15) is 46.3 Å². The molecule has 0 fully saturated rings. The molecule has 7 nitrogen and oxygen atoms in total. The van der Waals surface area contributed by atoms with E-state index in [4.69, 9.17) is 0 Å². The van der Waals surface area contributed by atoms with Crippen LogP contribution >= 0.6 is 0 Å². The van der Waals surface area contributed by atoms with E-state index in [1.54, 1.807) is 6.20 Å². The maximum Gasteiger partial charge on any atom is 0.416 e. The molecule has 4 aromatic rings. The molecule has 13 heteroatoms. The van der Waals surface area contributed by atoms with Crippen molar-refractivity contribution < 1.29 is 35.9 Å². The molecule has 0 spiro atoms. The third-order valence-electron chi connectivity index (χ3n) is 6.60. The van der Waals surface area contributed by atoms with Gasteiger partial charge >= 0.3 is 12.4 Å². The highest BCUT2D eigenvalue weighted by Crippen LogP contribution is 2.37. The Hall–Kier alpha value is -4.42. The number of benzene rings is 2. The molecule has 216 valence electrons. The standard InChI is InChI=1S/C28H25F6N5O2/c1-39(26(41)17-11-19(27(29,30)31)14-20(12-17)28(32,33)34)21(13-18-15-37-23-7-3-2-6-22(18)23)5-4-8-25(40)38-24-16-35-9-10-36-24/h2-3,6-7,9-12,14-16,21,37H,4-5,8,13H2,1H3,(H,36,38,40). The van der Waals surface area contributed by atoms with Gasteiger partial charge < -0.3 is 15.2 Å². The number of alkyl halides is 6. The molecule has 41 heavy (non-hydrogen) atoms. The number of carbonyl (C=O) groups is 2. The maximum atomic E-state index is 13.4. The number of halogens is 6. The van der Waals surface area contributed by atoms with Crippen molar-refractivity contribution in [3.05, 3.63) is 89.5 Å². The molecule has 0 radical (unpaired) electrons. The summed E-state index contributed by atoms with van der Waals surface area (Å²) in [4.78, 5) is 37.8. The van der Waals surface area contributed by atoms with Gasteiger partial charge in [0.05, 0.1) is 17.3 Å². The van der Waals surface area contributed by atoms with Crippen LogP contribution in [0.25, 0.3) is 10.9 Å². The molecular weight excluding hydrogens is 552 g/mol. The largest absolute Gasteiger partial charge is 0.416 e. The second-order valence-electron chi connectivity index (χ2n) is 9.46. The number of rotatable bonds is 9. The second kappa shape index (κ2) is 12.0. The van der Waals surface area contributed by atoms with E-state index in [1.807, 2.05) is 24.3 Å². The van der Waals surface area contributed by atoms with E-state index >= 15 is 0 Å². The molecule has 0 aliphatic heterocycles. The highest BCUT2D eigenvalue weighted by atomic mass is 19.4. The highest BCUT2D eigenvalue weighted by molar-refractivity contribution is 5.95. The molecule has 0 saturated carbocycles. The third-order valence-corrected chi connectivity index (χ3v) is 6.60. The summed E-state index contributed by atoms with van der Waals surface area (Å²) in [6.07, 6.45) is -3.44. The van der Waals surface area contributed by atoms with Gasteiger partial charge in [0.15, 0.2) is 5.82 Å². The first kappa shape index (κ1) is 29.6. The zero-order valence-corrected chi connectivity index (χ0v) is 21.7. The topological polar surface area (TPSA) is 91.0 Å². The number of carbonyl (C=O) groups excluding carboxylic acids is 2. The van der Waals surface area contributed by atoms with Gasteiger partial charge in [-0.3, -0.25) is 14.6 Å². The van der Waals surface area contributed by atoms with Crippen molar-refractivity contribution in [2.45, 2.75) is 44.1 Å². The van der Waals surface area contributed by atoms with Crippen LogP contribution in [0.5, 0.6) is 0 Å². The molecule has 0 aliphatic carbocycles. The van der Waals surface area contributed by atoms with Gasteiger partial charge in [-0.25, -0.2) is 4.98 Å². The number of hydrogen-bond acceptors (Lipinski definition) is 4. The lowest BCUT2D eigenvalue weighted by molar-refractivity contribution is -0.143. The zero-order valence-electron chi connectivity index (χ0n) is 21.7. The van der Waals surface area contributed by atoms with Gasteiger partial charge in [-0.15, -0.1) is 0 Å². The Labute approximate surface area is 230 Å². The van der Waals surface area contributed by atoms with Crippen LogP contribution in [0.2, 0.25) is 0 Å². The fraction of sp³-hybridized carbons (Fsp3) is 0.286. The minimum atomic E-state index is -5.09. The summed E-state index contributed by atoms with van der Waals surface area (Å²) in [5.41, 5.74) is -2.25. The highest BCUT2D eigenvalue weighted by Gasteiger charge is 2.38. The van der Waals surface area contributed by atoms with Crippen LogP contribution < -0.4 is 5.32 Å². The number of H-pyrrole nitrogens is 1. The third kappa shape index (κ3) is 7.41. The Morgan fingerprint density at radius 3 is 2.32 bits per heavy atom. The van der Waals surface area contributed by atoms with E-state index in [1.165, 1.54) is 25.6 Å². The molecule has 2 aromatic heterocycles. The van der Waals surface area contributed by atoms with Crippen molar-refractivity contribution in [1.29, 1.82) is 0 Å². The number of aromatic nitrogens is 3. The fourth-order valence-corrected chi connectivity index (χ4v) is 4.50. The van der Waals surface area contributed by atoms with Crippen LogP contribution in [0.15, 0.2) is 67.3 Å².